The van der Waals surface area contributed by atoms with Gasteiger partial charge in [0.25, 0.3) is 5.56 Å². The number of hydrogen-bond acceptors (Lipinski definition) is 7. The van der Waals surface area contributed by atoms with Crippen molar-refractivity contribution in [3.63, 3.8) is 0 Å². The molecule has 31 heavy (non-hydrogen) atoms. The summed E-state index contributed by atoms with van der Waals surface area (Å²) in [6, 6.07) is 14.5. The summed E-state index contributed by atoms with van der Waals surface area (Å²) in [5, 5.41) is 0.797. The summed E-state index contributed by atoms with van der Waals surface area (Å²) < 4.78 is 11.5. The van der Waals surface area contributed by atoms with Gasteiger partial charge in [-0.3, -0.25) is 14.2 Å². The molecule has 1 aromatic heterocycles. The molecule has 8 heteroatoms. The third kappa shape index (κ3) is 5.73. The summed E-state index contributed by atoms with van der Waals surface area (Å²) in [7, 11) is 1.29. The molecule has 2 aromatic carbocycles. The minimum Gasteiger partial charge on any atom is -0.465 e. The number of carbonyl (C=O) groups excluding carboxylic acids is 2. The number of ether oxygens (including phenoxy) is 2. The molecule has 0 amide bonds. The number of fused-ring (bicyclic) bond motifs is 1. The Morgan fingerprint density at radius 2 is 1.87 bits per heavy atom. The van der Waals surface area contributed by atoms with E-state index in [9.17, 15) is 14.4 Å². The molecule has 0 spiro atoms. The number of methoxy groups -OCH3 is 1. The second kappa shape index (κ2) is 10.3. The zero-order chi connectivity index (χ0) is 22.4. The molecule has 1 heterocycles. The van der Waals surface area contributed by atoms with Crippen LogP contribution in [0.25, 0.3) is 10.9 Å². The second-order valence-electron chi connectivity index (χ2n) is 7.14. The van der Waals surface area contributed by atoms with Gasteiger partial charge < -0.3 is 9.47 Å². The first kappa shape index (κ1) is 22.6. The number of esters is 2. The average molecular weight is 441 g/mol. The number of benzene rings is 2. The minimum absolute atomic E-state index is 0.0259. The van der Waals surface area contributed by atoms with Crippen molar-refractivity contribution in [3.05, 3.63) is 70.0 Å². The van der Waals surface area contributed by atoms with Gasteiger partial charge in [-0.25, -0.2) is 9.78 Å². The first-order chi connectivity index (χ1) is 14.9. The zero-order valence-electron chi connectivity index (χ0n) is 17.7. The van der Waals surface area contributed by atoms with E-state index in [0.717, 1.165) is 17.3 Å². The lowest BCUT2D eigenvalue weighted by molar-refractivity contribution is -0.144. The van der Waals surface area contributed by atoms with Crippen LogP contribution in [0.15, 0.2) is 58.5 Å². The summed E-state index contributed by atoms with van der Waals surface area (Å²) in [5.74, 6) is -0.864. The second-order valence-corrected chi connectivity index (χ2v) is 8.08. The van der Waals surface area contributed by atoms with E-state index in [1.807, 2.05) is 30.3 Å². The summed E-state index contributed by atoms with van der Waals surface area (Å²) in [5.41, 5.74) is 1.55. The third-order valence-electron chi connectivity index (χ3n) is 4.49. The highest BCUT2D eigenvalue weighted by Gasteiger charge is 2.16. The fourth-order valence-electron chi connectivity index (χ4n) is 3.06. The number of rotatable bonds is 8. The topological polar surface area (TPSA) is 87.5 Å². The molecule has 0 aliphatic carbocycles. The Morgan fingerprint density at radius 3 is 2.55 bits per heavy atom. The highest BCUT2D eigenvalue weighted by atomic mass is 32.2. The Labute approximate surface area is 184 Å². The molecular weight excluding hydrogens is 416 g/mol. The molecule has 0 saturated carbocycles. The highest BCUT2D eigenvalue weighted by Crippen LogP contribution is 2.20. The van der Waals surface area contributed by atoms with E-state index in [0.29, 0.717) is 34.6 Å². The van der Waals surface area contributed by atoms with Crippen LogP contribution in [0.5, 0.6) is 0 Å². The van der Waals surface area contributed by atoms with Crippen LogP contribution in [0.2, 0.25) is 0 Å². The predicted octanol–water partition coefficient (Wildman–Crippen LogP) is 3.47. The number of thioether (sulfide) groups is 1. The average Bonchev–Trinajstić information content (AvgIpc) is 2.76. The number of nitrogens with zero attached hydrogens (tertiary/aromatic N) is 2. The molecule has 7 nitrogen and oxygen atoms in total. The van der Waals surface area contributed by atoms with Gasteiger partial charge in [0.05, 0.1) is 35.4 Å². The number of carbonyl (C=O) groups is 2. The molecule has 0 atom stereocenters. The number of hydrogen-bond donors (Lipinski definition) is 0. The monoisotopic (exact) mass is 440 g/mol. The first-order valence-corrected chi connectivity index (χ1v) is 10.9. The SMILES string of the molecule is COC(=O)c1ccc2c(=O)n(CCc3ccccc3)c(SCC(=O)OC(C)C)nc2c1. The molecular formula is C23H24N2O5S. The molecule has 0 radical (unpaired) electrons. The van der Waals surface area contributed by atoms with E-state index >= 15 is 0 Å². The van der Waals surface area contributed by atoms with Crippen LogP contribution >= 0.6 is 11.8 Å². The van der Waals surface area contributed by atoms with Gasteiger partial charge in [-0.15, -0.1) is 0 Å². The fraction of sp³-hybridized carbons (Fsp3) is 0.304. The van der Waals surface area contributed by atoms with Crippen LogP contribution in [0.3, 0.4) is 0 Å². The van der Waals surface area contributed by atoms with Gasteiger partial charge >= 0.3 is 11.9 Å². The van der Waals surface area contributed by atoms with E-state index in [4.69, 9.17) is 9.47 Å². The van der Waals surface area contributed by atoms with Crippen molar-refractivity contribution < 1.29 is 19.1 Å². The van der Waals surface area contributed by atoms with Crippen LogP contribution in [0.1, 0.15) is 29.8 Å². The minimum atomic E-state index is -0.508. The first-order valence-electron chi connectivity index (χ1n) is 9.88. The zero-order valence-corrected chi connectivity index (χ0v) is 18.5. The van der Waals surface area contributed by atoms with Gasteiger partial charge in [-0.2, -0.15) is 0 Å². The Kier molecular flexibility index (Phi) is 7.46. The van der Waals surface area contributed by atoms with Crippen LogP contribution in [0.4, 0.5) is 0 Å². The van der Waals surface area contributed by atoms with Crippen molar-refractivity contribution in [2.45, 2.75) is 38.1 Å². The van der Waals surface area contributed by atoms with Crippen LogP contribution in [-0.2, 0) is 27.2 Å². The Bertz CT molecular complexity index is 1140. The van der Waals surface area contributed by atoms with E-state index in [2.05, 4.69) is 4.98 Å². The standard InChI is InChI=1S/C23H24N2O5S/c1-15(2)30-20(26)14-31-23-24-19-13-17(22(28)29-3)9-10-18(19)21(27)25(23)12-11-16-7-5-4-6-8-16/h4-10,13,15H,11-12,14H2,1-3H3. The van der Waals surface area contributed by atoms with Crippen molar-refractivity contribution in [3.8, 4) is 0 Å². The Morgan fingerprint density at radius 1 is 1.13 bits per heavy atom. The number of aromatic nitrogens is 2. The summed E-state index contributed by atoms with van der Waals surface area (Å²) in [6.45, 7) is 3.97. The lowest BCUT2D eigenvalue weighted by Crippen LogP contribution is -2.25. The third-order valence-corrected chi connectivity index (χ3v) is 5.44. The molecule has 3 aromatic rings. The quantitative estimate of drug-likeness (QED) is 0.301. The van der Waals surface area contributed by atoms with Crippen molar-refractivity contribution in [2.75, 3.05) is 12.9 Å². The summed E-state index contributed by atoms with van der Waals surface area (Å²) in [6.07, 6.45) is 0.415. The van der Waals surface area contributed by atoms with Gasteiger partial charge in [-0.05, 0) is 44.0 Å². The van der Waals surface area contributed by atoms with Crippen molar-refractivity contribution in [2.24, 2.45) is 0 Å². The molecule has 0 bridgehead atoms. The molecule has 0 saturated heterocycles. The summed E-state index contributed by atoms with van der Waals surface area (Å²) >= 11 is 1.14. The van der Waals surface area contributed by atoms with Crippen molar-refractivity contribution in [1.29, 1.82) is 0 Å². The van der Waals surface area contributed by atoms with E-state index < -0.39 is 5.97 Å². The lowest BCUT2D eigenvalue weighted by atomic mass is 10.1. The van der Waals surface area contributed by atoms with Gasteiger partial charge in [0.15, 0.2) is 5.16 Å². The largest absolute Gasteiger partial charge is 0.465 e. The van der Waals surface area contributed by atoms with Crippen LogP contribution in [0, 0.1) is 0 Å². The maximum atomic E-state index is 13.2. The van der Waals surface area contributed by atoms with Crippen molar-refractivity contribution >= 4 is 34.6 Å². The van der Waals surface area contributed by atoms with E-state index in [-0.39, 0.29) is 23.4 Å². The maximum absolute atomic E-state index is 13.2. The molecule has 162 valence electrons. The highest BCUT2D eigenvalue weighted by molar-refractivity contribution is 7.99. The molecule has 0 unspecified atom stereocenters. The molecule has 3 rings (SSSR count). The number of aryl methyl sites for hydroxylation is 1. The Hall–Kier alpha value is -3.13. The fourth-order valence-corrected chi connectivity index (χ4v) is 3.87. The van der Waals surface area contributed by atoms with Gasteiger partial charge in [0.2, 0.25) is 0 Å². The van der Waals surface area contributed by atoms with Crippen LogP contribution < -0.4 is 5.56 Å². The maximum Gasteiger partial charge on any atom is 0.337 e. The smallest absolute Gasteiger partial charge is 0.337 e. The predicted molar refractivity (Wildman–Crippen MR) is 119 cm³/mol. The normalized spacial score (nSPS) is 11.0. The van der Waals surface area contributed by atoms with Crippen molar-refractivity contribution in [1.82, 2.24) is 9.55 Å². The van der Waals surface area contributed by atoms with Crippen LogP contribution in [-0.4, -0.2) is 40.5 Å². The van der Waals surface area contributed by atoms with E-state index in [1.54, 1.807) is 30.5 Å². The summed E-state index contributed by atoms with van der Waals surface area (Å²) in [4.78, 5) is 41.7. The lowest BCUT2D eigenvalue weighted by Gasteiger charge is -2.14. The van der Waals surface area contributed by atoms with Gasteiger partial charge in [0.1, 0.15) is 0 Å². The van der Waals surface area contributed by atoms with E-state index in [1.165, 1.54) is 13.2 Å². The van der Waals surface area contributed by atoms with Gasteiger partial charge in [-0.1, -0.05) is 42.1 Å². The van der Waals surface area contributed by atoms with Gasteiger partial charge in [0, 0.05) is 6.54 Å². The molecule has 0 aliphatic heterocycles. The molecule has 0 N–H and O–H groups in total. The Balaban J connectivity index is 1.98. The molecule has 0 aliphatic rings. The molecule has 0 fully saturated rings.